The SMILES string of the molecule is CC1(C(=O)NCC2CCCC2C(=O)O)CCCC1N. The molecule has 0 aromatic carbocycles. The fraction of sp³-hybridized carbons (Fsp3) is 0.857. The molecule has 0 aromatic rings. The number of carboxylic acids is 1. The summed E-state index contributed by atoms with van der Waals surface area (Å²) in [5.41, 5.74) is 5.54. The van der Waals surface area contributed by atoms with E-state index >= 15 is 0 Å². The first-order valence-electron chi connectivity index (χ1n) is 7.22. The van der Waals surface area contributed by atoms with Crippen molar-refractivity contribution in [2.24, 2.45) is 23.0 Å². The second kappa shape index (κ2) is 5.49. The van der Waals surface area contributed by atoms with Gasteiger partial charge in [-0.05, 0) is 38.5 Å². The standard InChI is InChI=1S/C14H24N2O3/c1-14(7-3-6-11(14)15)13(19)16-8-9-4-2-5-10(9)12(17)18/h9-11H,2-8,15H2,1H3,(H,16,19)(H,17,18). The molecule has 2 fully saturated rings. The molecule has 5 heteroatoms. The van der Waals surface area contributed by atoms with Gasteiger partial charge in [-0.3, -0.25) is 9.59 Å². The van der Waals surface area contributed by atoms with Gasteiger partial charge in [0.2, 0.25) is 5.91 Å². The summed E-state index contributed by atoms with van der Waals surface area (Å²) < 4.78 is 0. The first-order chi connectivity index (χ1) is 8.95. The zero-order valence-electron chi connectivity index (χ0n) is 11.5. The zero-order chi connectivity index (χ0) is 14.0. The third-order valence-electron chi connectivity index (χ3n) is 5.05. The molecule has 4 atom stereocenters. The van der Waals surface area contributed by atoms with Crippen molar-refractivity contribution in [2.45, 2.75) is 51.5 Å². The first-order valence-corrected chi connectivity index (χ1v) is 7.22. The number of hydrogen-bond acceptors (Lipinski definition) is 3. The summed E-state index contributed by atoms with van der Waals surface area (Å²) >= 11 is 0. The minimum absolute atomic E-state index is 0.00598. The van der Waals surface area contributed by atoms with Gasteiger partial charge in [0.15, 0.2) is 0 Å². The molecule has 5 nitrogen and oxygen atoms in total. The molecule has 0 saturated heterocycles. The Labute approximate surface area is 113 Å². The maximum Gasteiger partial charge on any atom is 0.306 e. The predicted octanol–water partition coefficient (Wildman–Crippen LogP) is 1.12. The minimum atomic E-state index is -0.736. The molecule has 2 saturated carbocycles. The Bertz CT molecular complexity index is 372. The van der Waals surface area contributed by atoms with Gasteiger partial charge in [-0.15, -0.1) is 0 Å². The van der Waals surface area contributed by atoms with Gasteiger partial charge in [-0.25, -0.2) is 0 Å². The normalized spacial score (nSPS) is 38.3. The van der Waals surface area contributed by atoms with E-state index in [0.29, 0.717) is 6.54 Å². The van der Waals surface area contributed by atoms with Crippen LogP contribution in [0.5, 0.6) is 0 Å². The Morgan fingerprint density at radius 3 is 2.63 bits per heavy atom. The van der Waals surface area contributed by atoms with Crippen molar-refractivity contribution < 1.29 is 14.7 Å². The van der Waals surface area contributed by atoms with Crippen LogP contribution in [0.15, 0.2) is 0 Å². The molecule has 4 unspecified atom stereocenters. The van der Waals surface area contributed by atoms with Crippen molar-refractivity contribution in [3.8, 4) is 0 Å². The number of carbonyl (C=O) groups is 2. The van der Waals surface area contributed by atoms with Gasteiger partial charge in [-0.1, -0.05) is 12.8 Å². The van der Waals surface area contributed by atoms with Crippen LogP contribution in [0.1, 0.15) is 45.4 Å². The number of carboxylic acid groups (broad SMARTS) is 1. The van der Waals surface area contributed by atoms with E-state index < -0.39 is 11.4 Å². The van der Waals surface area contributed by atoms with E-state index in [-0.39, 0.29) is 23.8 Å². The highest BCUT2D eigenvalue weighted by Crippen LogP contribution is 2.37. The molecule has 0 radical (unpaired) electrons. The van der Waals surface area contributed by atoms with Crippen molar-refractivity contribution in [1.29, 1.82) is 0 Å². The van der Waals surface area contributed by atoms with Gasteiger partial charge in [0.1, 0.15) is 0 Å². The predicted molar refractivity (Wildman–Crippen MR) is 71.4 cm³/mol. The summed E-state index contributed by atoms with van der Waals surface area (Å²) in [7, 11) is 0. The van der Waals surface area contributed by atoms with Crippen LogP contribution in [0.4, 0.5) is 0 Å². The highest BCUT2D eigenvalue weighted by molar-refractivity contribution is 5.83. The summed E-state index contributed by atoms with van der Waals surface area (Å²) in [6.07, 6.45) is 5.27. The average molecular weight is 268 g/mol. The second-order valence-electron chi connectivity index (χ2n) is 6.26. The van der Waals surface area contributed by atoms with Crippen LogP contribution in [-0.4, -0.2) is 29.6 Å². The summed E-state index contributed by atoms with van der Waals surface area (Å²) in [6.45, 7) is 2.39. The van der Waals surface area contributed by atoms with E-state index in [1.54, 1.807) is 0 Å². The quantitative estimate of drug-likeness (QED) is 0.712. The third-order valence-corrected chi connectivity index (χ3v) is 5.05. The molecule has 19 heavy (non-hydrogen) atoms. The van der Waals surface area contributed by atoms with Crippen LogP contribution in [0, 0.1) is 17.3 Å². The van der Waals surface area contributed by atoms with Crippen molar-refractivity contribution in [3.05, 3.63) is 0 Å². The molecule has 0 bridgehead atoms. The van der Waals surface area contributed by atoms with Crippen molar-refractivity contribution in [2.75, 3.05) is 6.54 Å². The highest BCUT2D eigenvalue weighted by Gasteiger charge is 2.43. The molecule has 0 aromatic heterocycles. The topological polar surface area (TPSA) is 92.4 Å². The summed E-state index contributed by atoms with van der Waals surface area (Å²) in [6, 6.07) is -0.0775. The fourth-order valence-corrected chi connectivity index (χ4v) is 3.51. The number of carbonyl (C=O) groups excluding carboxylic acids is 1. The molecule has 2 aliphatic carbocycles. The van der Waals surface area contributed by atoms with Crippen LogP contribution in [-0.2, 0) is 9.59 Å². The van der Waals surface area contributed by atoms with Gasteiger partial charge in [-0.2, -0.15) is 0 Å². The van der Waals surface area contributed by atoms with Crippen LogP contribution in [0.3, 0.4) is 0 Å². The molecule has 0 aliphatic heterocycles. The van der Waals surface area contributed by atoms with Gasteiger partial charge in [0.05, 0.1) is 11.3 Å². The van der Waals surface area contributed by atoms with E-state index in [1.165, 1.54) is 0 Å². The lowest BCUT2D eigenvalue weighted by Crippen LogP contribution is -2.48. The molecule has 108 valence electrons. The largest absolute Gasteiger partial charge is 0.481 e. The lowest BCUT2D eigenvalue weighted by molar-refractivity contribution is -0.143. The monoisotopic (exact) mass is 268 g/mol. The number of nitrogens with one attached hydrogen (secondary N) is 1. The lowest BCUT2D eigenvalue weighted by Gasteiger charge is -2.28. The number of nitrogens with two attached hydrogens (primary N) is 1. The Kier molecular flexibility index (Phi) is 4.13. The van der Waals surface area contributed by atoms with Crippen molar-refractivity contribution in [1.82, 2.24) is 5.32 Å². The Morgan fingerprint density at radius 1 is 1.32 bits per heavy atom. The van der Waals surface area contributed by atoms with E-state index in [1.807, 2.05) is 6.92 Å². The van der Waals surface area contributed by atoms with Gasteiger partial charge < -0.3 is 16.2 Å². The fourth-order valence-electron chi connectivity index (χ4n) is 3.51. The third kappa shape index (κ3) is 2.76. The van der Waals surface area contributed by atoms with E-state index in [2.05, 4.69) is 5.32 Å². The van der Waals surface area contributed by atoms with Gasteiger partial charge in [0, 0.05) is 12.6 Å². The maximum absolute atomic E-state index is 12.3. The Morgan fingerprint density at radius 2 is 2.05 bits per heavy atom. The van der Waals surface area contributed by atoms with Crippen LogP contribution in [0.25, 0.3) is 0 Å². The summed E-state index contributed by atoms with van der Waals surface area (Å²) in [4.78, 5) is 23.4. The van der Waals surface area contributed by atoms with Crippen LogP contribution < -0.4 is 11.1 Å². The van der Waals surface area contributed by atoms with E-state index in [4.69, 9.17) is 10.8 Å². The van der Waals surface area contributed by atoms with Gasteiger partial charge in [0.25, 0.3) is 0 Å². The highest BCUT2D eigenvalue weighted by atomic mass is 16.4. The van der Waals surface area contributed by atoms with Gasteiger partial charge >= 0.3 is 5.97 Å². The lowest BCUT2D eigenvalue weighted by atomic mass is 9.84. The molecular formula is C14H24N2O3. The number of rotatable bonds is 4. The molecule has 4 N–H and O–H groups in total. The summed E-state index contributed by atoms with van der Waals surface area (Å²) in [5, 5.41) is 12.1. The number of aliphatic carboxylic acids is 1. The summed E-state index contributed by atoms with van der Waals surface area (Å²) in [5.74, 6) is -0.970. The smallest absolute Gasteiger partial charge is 0.306 e. The molecule has 2 rings (SSSR count). The van der Waals surface area contributed by atoms with E-state index in [0.717, 1.165) is 38.5 Å². The van der Waals surface area contributed by atoms with Crippen LogP contribution in [0.2, 0.25) is 0 Å². The number of hydrogen-bond donors (Lipinski definition) is 3. The maximum atomic E-state index is 12.3. The van der Waals surface area contributed by atoms with Crippen molar-refractivity contribution >= 4 is 11.9 Å². The minimum Gasteiger partial charge on any atom is -0.481 e. The Hall–Kier alpha value is -1.10. The number of amides is 1. The van der Waals surface area contributed by atoms with Crippen LogP contribution >= 0.6 is 0 Å². The molecule has 0 spiro atoms. The average Bonchev–Trinajstić information content (AvgIpc) is 2.95. The zero-order valence-corrected chi connectivity index (χ0v) is 11.5. The molecule has 0 heterocycles. The first kappa shape index (κ1) is 14.3. The van der Waals surface area contributed by atoms with Crippen molar-refractivity contribution in [3.63, 3.8) is 0 Å². The Balaban J connectivity index is 1.88. The molecular weight excluding hydrogens is 244 g/mol. The molecule has 2 aliphatic rings. The molecule has 1 amide bonds. The second-order valence-corrected chi connectivity index (χ2v) is 6.26. The van der Waals surface area contributed by atoms with E-state index in [9.17, 15) is 9.59 Å².